The minimum Gasteiger partial charge on any atom is -0.330 e. The summed E-state index contributed by atoms with van der Waals surface area (Å²) < 4.78 is 37.5. The summed E-state index contributed by atoms with van der Waals surface area (Å²) >= 11 is 11.0. The van der Waals surface area contributed by atoms with Gasteiger partial charge in [0.25, 0.3) is 0 Å². The summed E-state index contributed by atoms with van der Waals surface area (Å²) in [4.78, 5) is 3.53. The van der Waals surface area contributed by atoms with E-state index in [1.54, 1.807) is 0 Å². The third-order valence-electron chi connectivity index (χ3n) is 1.85. The molecular weight excluding hydrogens is 252 g/mol. The van der Waals surface area contributed by atoms with Gasteiger partial charge in [0.15, 0.2) is 0 Å². The van der Waals surface area contributed by atoms with Gasteiger partial charge in [-0.2, -0.15) is 13.2 Å². The largest absolute Gasteiger partial charge is 0.397 e. The zero-order valence-electron chi connectivity index (χ0n) is 7.35. The van der Waals surface area contributed by atoms with Crippen molar-refractivity contribution in [2.45, 2.75) is 12.1 Å². The summed E-state index contributed by atoms with van der Waals surface area (Å²) in [5.41, 5.74) is 4.90. The monoisotopic (exact) mass is 258 g/mol. The molecule has 0 radical (unpaired) electrons. The molecule has 0 aliphatic rings. The lowest BCUT2D eigenvalue weighted by molar-refractivity contribution is -0.148. The summed E-state index contributed by atoms with van der Waals surface area (Å²) in [6.45, 7) is -0.577. The number of rotatable bonds is 2. The van der Waals surface area contributed by atoms with Gasteiger partial charge >= 0.3 is 6.18 Å². The number of nitrogens with zero attached hydrogens (tertiary/aromatic N) is 1. The van der Waals surface area contributed by atoms with Crippen LogP contribution in [0.2, 0.25) is 10.3 Å². The molecule has 1 unspecified atom stereocenters. The first kappa shape index (κ1) is 12.5. The van der Waals surface area contributed by atoms with Crippen LogP contribution < -0.4 is 5.73 Å². The molecule has 1 atom stereocenters. The topological polar surface area (TPSA) is 38.9 Å². The first-order valence-corrected chi connectivity index (χ1v) is 4.70. The van der Waals surface area contributed by atoms with E-state index in [4.69, 9.17) is 28.9 Å². The molecule has 0 aliphatic carbocycles. The van der Waals surface area contributed by atoms with E-state index in [9.17, 15) is 13.2 Å². The lowest BCUT2D eigenvalue weighted by atomic mass is 10.0. The first-order valence-electron chi connectivity index (χ1n) is 3.95. The molecular formula is C8H7Cl2F3N2. The summed E-state index contributed by atoms with van der Waals surface area (Å²) in [6.07, 6.45) is -4.44. The molecule has 1 heterocycles. The van der Waals surface area contributed by atoms with E-state index in [0.717, 1.165) is 0 Å². The fourth-order valence-corrected chi connectivity index (χ4v) is 1.60. The summed E-state index contributed by atoms with van der Waals surface area (Å²) in [7, 11) is 0. The van der Waals surface area contributed by atoms with Crippen LogP contribution in [-0.2, 0) is 0 Å². The van der Waals surface area contributed by atoms with Crippen molar-refractivity contribution in [1.29, 1.82) is 0 Å². The van der Waals surface area contributed by atoms with E-state index in [1.165, 1.54) is 12.1 Å². The van der Waals surface area contributed by atoms with Gasteiger partial charge in [0, 0.05) is 12.1 Å². The van der Waals surface area contributed by atoms with Crippen LogP contribution in [0.25, 0.3) is 0 Å². The Morgan fingerprint density at radius 3 is 2.33 bits per heavy atom. The minimum atomic E-state index is -4.44. The van der Waals surface area contributed by atoms with Crippen molar-refractivity contribution in [2.24, 2.45) is 5.73 Å². The molecule has 0 amide bonds. The Hall–Kier alpha value is -0.520. The second-order valence-corrected chi connectivity index (χ2v) is 3.59. The number of aromatic nitrogens is 1. The average molecular weight is 259 g/mol. The average Bonchev–Trinajstić information content (AvgIpc) is 2.07. The minimum absolute atomic E-state index is 0.0432. The predicted molar refractivity (Wildman–Crippen MR) is 52.1 cm³/mol. The van der Waals surface area contributed by atoms with Gasteiger partial charge in [-0.3, -0.25) is 0 Å². The molecule has 84 valence electrons. The lowest BCUT2D eigenvalue weighted by Gasteiger charge is -2.19. The number of alkyl halides is 3. The Kier molecular flexibility index (Phi) is 3.81. The highest BCUT2D eigenvalue weighted by molar-refractivity contribution is 6.32. The maximum absolute atomic E-state index is 12.5. The van der Waals surface area contributed by atoms with Crippen LogP contribution in [0, 0.1) is 0 Å². The van der Waals surface area contributed by atoms with Crippen LogP contribution in [0.1, 0.15) is 11.5 Å². The zero-order valence-corrected chi connectivity index (χ0v) is 8.87. The van der Waals surface area contributed by atoms with Gasteiger partial charge in [-0.25, -0.2) is 4.98 Å². The van der Waals surface area contributed by atoms with Gasteiger partial charge in [-0.15, -0.1) is 0 Å². The van der Waals surface area contributed by atoms with Crippen molar-refractivity contribution >= 4 is 23.2 Å². The van der Waals surface area contributed by atoms with Crippen LogP contribution in [0.3, 0.4) is 0 Å². The number of hydrogen-bond acceptors (Lipinski definition) is 2. The third-order valence-corrected chi connectivity index (χ3v) is 2.36. The van der Waals surface area contributed by atoms with E-state index in [-0.39, 0.29) is 15.9 Å². The van der Waals surface area contributed by atoms with Crippen LogP contribution >= 0.6 is 23.2 Å². The molecule has 0 bridgehead atoms. The second-order valence-electron chi connectivity index (χ2n) is 2.84. The van der Waals surface area contributed by atoms with Crippen LogP contribution in [0.4, 0.5) is 13.2 Å². The summed E-state index contributed by atoms with van der Waals surface area (Å²) in [5, 5.41) is -0.225. The molecule has 0 aliphatic heterocycles. The van der Waals surface area contributed by atoms with Gasteiger partial charge in [0.2, 0.25) is 0 Å². The maximum Gasteiger partial charge on any atom is 0.397 e. The number of halogens is 5. The normalized spacial score (nSPS) is 14.0. The molecule has 1 rings (SSSR count). The predicted octanol–water partition coefficient (Wildman–Crippen LogP) is 2.99. The Morgan fingerprint density at radius 1 is 1.33 bits per heavy atom. The molecule has 0 saturated heterocycles. The van der Waals surface area contributed by atoms with Crippen molar-refractivity contribution < 1.29 is 13.2 Å². The Morgan fingerprint density at radius 2 is 1.93 bits per heavy atom. The highest BCUT2D eigenvalue weighted by Gasteiger charge is 2.41. The Balaban J connectivity index is 3.13. The van der Waals surface area contributed by atoms with Gasteiger partial charge < -0.3 is 5.73 Å². The molecule has 0 aromatic carbocycles. The number of nitrogens with two attached hydrogens (primary N) is 1. The Labute approximate surface area is 94.2 Å². The maximum atomic E-state index is 12.5. The van der Waals surface area contributed by atoms with E-state index in [2.05, 4.69) is 4.98 Å². The van der Waals surface area contributed by atoms with E-state index in [1.807, 2.05) is 0 Å². The van der Waals surface area contributed by atoms with Crippen molar-refractivity contribution in [3.05, 3.63) is 28.0 Å². The van der Waals surface area contributed by atoms with Gasteiger partial charge in [-0.1, -0.05) is 29.3 Å². The van der Waals surface area contributed by atoms with Crippen molar-refractivity contribution in [2.75, 3.05) is 6.54 Å². The number of hydrogen-bond donors (Lipinski definition) is 1. The summed E-state index contributed by atoms with van der Waals surface area (Å²) in [6, 6.07) is 2.43. The molecule has 2 N–H and O–H groups in total. The third kappa shape index (κ3) is 2.96. The van der Waals surface area contributed by atoms with Gasteiger partial charge in [-0.05, 0) is 6.07 Å². The highest BCUT2D eigenvalue weighted by Crippen LogP contribution is 2.36. The molecule has 2 nitrogen and oxygen atoms in total. The molecule has 0 fully saturated rings. The zero-order chi connectivity index (χ0) is 11.6. The van der Waals surface area contributed by atoms with Crippen LogP contribution in [-0.4, -0.2) is 17.7 Å². The molecule has 0 saturated carbocycles. The van der Waals surface area contributed by atoms with Crippen molar-refractivity contribution in [1.82, 2.24) is 4.98 Å². The highest BCUT2D eigenvalue weighted by atomic mass is 35.5. The van der Waals surface area contributed by atoms with Crippen molar-refractivity contribution in [3.8, 4) is 0 Å². The fourth-order valence-electron chi connectivity index (χ4n) is 1.12. The second kappa shape index (κ2) is 4.55. The molecule has 7 heteroatoms. The Bertz CT molecular complexity index is 354. The van der Waals surface area contributed by atoms with E-state index >= 15 is 0 Å². The molecule has 1 aromatic heterocycles. The number of pyridine rings is 1. The first-order chi connectivity index (χ1) is 6.86. The quantitative estimate of drug-likeness (QED) is 0.829. The fraction of sp³-hybridized carbons (Fsp3) is 0.375. The molecule has 15 heavy (non-hydrogen) atoms. The van der Waals surface area contributed by atoms with E-state index < -0.39 is 18.6 Å². The molecule has 1 aromatic rings. The van der Waals surface area contributed by atoms with Gasteiger partial charge in [0.05, 0.1) is 5.92 Å². The van der Waals surface area contributed by atoms with Crippen LogP contribution in [0.15, 0.2) is 12.1 Å². The smallest absolute Gasteiger partial charge is 0.330 e. The van der Waals surface area contributed by atoms with Gasteiger partial charge in [0.1, 0.15) is 10.3 Å². The lowest BCUT2D eigenvalue weighted by Crippen LogP contribution is -2.28. The van der Waals surface area contributed by atoms with E-state index in [0.29, 0.717) is 0 Å². The molecule has 0 spiro atoms. The SMILES string of the molecule is NCC(c1ccc(Cl)nc1Cl)C(F)(F)F. The standard InChI is InChI=1S/C8H7Cl2F3N2/c9-6-2-1-4(7(10)15-6)5(3-14)8(11,12)13/h1-2,5H,3,14H2. The van der Waals surface area contributed by atoms with Crippen LogP contribution in [0.5, 0.6) is 0 Å². The van der Waals surface area contributed by atoms with Crippen molar-refractivity contribution in [3.63, 3.8) is 0 Å². The summed E-state index contributed by atoms with van der Waals surface area (Å²) in [5.74, 6) is -1.81.